The van der Waals surface area contributed by atoms with Crippen LogP contribution in [0, 0.1) is 17.2 Å². The number of hydrogen-bond donors (Lipinski definition) is 1. The molecule has 7 nitrogen and oxygen atoms in total. The van der Waals surface area contributed by atoms with Crippen LogP contribution in [-0.2, 0) is 6.54 Å². The minimum absolute atomic E-state index is 0.186. The molecule has 0 saturated carbocycles. The highest BCUT2D eigenvalue weighted by Gasteiger charge is 2.21. The van der Waals surface area contributed by atoms with Crippen LogP contribution in [0.2, 0.25) is 0 Å². The maximum absolute atomic E-state index is 13.0. The summed E-state index contributed by atoms with van der Waals surface area (Å²) in [7, 11) is 0. The summed E-state index contributed by atoms with van der Waals surface area (Å²) in [6.07, 6.45) is 1.73. The minimum atomic E-state index is -0.321. The number of nitrogens with one attached hydrogen (secondary N) is 1. The molecule has 1 N–H and O–H groups in total. The maximum Gasteiger partial charge on any atom is 0.267 e. The van der Waals surface area contributed by atoms with Crippen molar-refractivity contribution < 1.29 is 4.79 Å². The Bertz CT molecular complexity index is 1230. The summed E-state index contributed by atoms with van der Waals surface area (Å²) in [5, 5.41) is 11.9. The SMILES string of the molecule is CC(C)CNC(=O)c1cc(CN2CCN(c3ccc(C#N)cc3)CC2)c2ccccn2c1=O. The number of rotatable bonds is 6. The van der Waals surface area contributed by atoms with Gasteiger partial charge >= 0.3 is 0 Å². The molecule has 33 heavy (non-hydrogen) atoms. The quantitative estimate of drug-likeness (QED) is 0.634. The number of nitriles is 1. The Morgan fingerprint density at radius 3 is 2.48 bits per heavy atom. The number of pyridine rings is 2. The van der Waals surface area contributed by atoms with E-state index in [0.29, 0.717) is 24.6 Å². The van der Waals surface area contributed by atoms with Crippen LogP contribution >= 0.6 is 0 Å². The predicted molar refractivity (Wildman–Crippen MR) is 129 cm³/mol. The van der Waals surface area contributed by atoms with Gasteiger partial charge < -0.3 is 10.2 Å². The lowest BCUT2D eigenvalue weighted by Gasteiger charge is -2.36. The molecular formula is C26H29N5O2. The fourth-order valence-electron chi connectivity index (χ4n) is 4.15. The number of anilines is 1. The van der Waals surface area contributed by atoms with E-state index in [1.165, 1.54) is 0 Å². The summed E-state index contributed by atoms with van der Waals surface area (Å²) in [6.45, 7) is 8.73. The molecule has 3 heterocycles. The molecule has 0 aliphatic carbocycles. The highest BCUT2D eigenvalue weighted by Crippen LogP contribution is 2.19. The van der Waals surface area contributed by atoms with E-state index in [0.717, 1.165) is 42.9 Å². The zero-order chi connectivity index (χ0) is 23.4. The van der Waals surface area contributed by atoms with Crippen molar-refractivity contribution in [2.75, 3.05) is 37.6 Å². The van der Waals surface area contributed by atoms with Gasteiger partial charge in [0.1, 0.15) is 5.56 Å². The Balaban J connectivity index is 1.52. The number of carbonyl (C=O) groups is 1. The van der Waals surface area contributed by atoms with Crippen molar-refractivity contribution in [3.8, 4) is 6.07 Å². The molecule has 0 unspecified atom stereocenters. The molecule has 4 rings (SSSR count). The molecule has 1 fully saturated rings. The Labute approximate surface area is 193 Å². The summed E-state index contributed by atoms with van der Waals surface area (Å²) in [6, 6.07) is 17.3. The van der Waals surface area contributed by atoms with Crippen LogP contribution in [0.3, 0.4) is 0 Å². The van der Waals surface area contributed by atoms with E-state index in [1.807, 2.05) is 56.3 Å². The maximum atomic E-state index is 13.0. The highest BCUT2D eigenvalue weighted by molar-refractivity contribution is 5.94. The van der Waals surface area contributed by atoms with Gasteiger partial charge in [0, 0.05) is 51.2 Å². The normalized spacial score (nSPS) is 14.4. The molecule has 0 radical (unpaired) electrons. The Morgan fingerprint density at radius 1 is 1.09 bits per heavy atom. The molecule has 0 atom stereocenters. The molecule has 7 heteroatoms. The molecule has 1 aromatic carbocycles. The van der Waals surface area contributed by atoms with E-state index < -0.39 is 0 Å². The lowest BCUT2D eigenvalue weighted by Crippen LogP contribution is -2.46. The van der Waals surface area contributed by atoms with Gasteiger partial charge in [0.15, 0.2) is 0 Å². The molecule has 1 aliphatic rings. The van der Waals surface area contributed by atoms with E-state index in [-0.39, 0.29) is 17.0 Å². The van der Waals surface area contributed by atoms with Gasteiger partial charge in [-0.25, -0.2) is 0 Å². The van der Waals surface area contributed by atoms with Gasteiger partial charge in [0.2, 0.25) is 0 Å². The Kier molecular flexibility index (Phi) is 6.76. The van der Waals surface area contributed by atoms with E-state index in [4.69, 9.17) is 5.26 Å². The number of amides is 1. The lowest BCUT2D eigenvalue weighted by molar-refractivity contribution is 0.0947. The average Bonchev–Trinajstić information content (AvgIpc) is 2.85. The molecule has 1 aliphatic heterocycles. The zero-order valence-electron chi connectivity index (χ0n) is 19.1. The second-order valence-electron chi connectivity index (χ2n) is 8.87. The van der Waals surface area contributed by atoms with Crippen molar-refractivity contribution in [3.63, 3.8) is 0 Å². The number of hydrogen-bond acceptors (Lipinski definition) is 5. The Hall–Kier alpha value is -3.63. The highest BCUT2D eigenvalue weighted by atomic mass is 16.2. The van der Waals surface area contributed by atoms with Crippen LogP contribution in [0.15, 0.2) is 59.5 Å². The molecule has 0 spiro atoms. The van der Waals surface area contributed by atoms with Crippen LogP contribution in [0.25, 0.3) is 5.52 Å². The monoisotopic (exact) mass is 443 g/mol. The molecular weight excluding hydrogens is 414 g/mol. The zero-order valence-corrected chi connectivity index (χ0v) is 19.1. The number of nitrogens with zero attached hydrogens (tertiary/aromatic N) is 4. The molecule has 2 aromatic heterocycles. The van der Waals surface area contributed by atoms with Crippen molar-refractivity contribution in [2.45, 2.75) is 20.4 Å². The van der Waals surface area contributed by atoms with Crippen molar-refractivity contribution in [1.29, 1.82) is 5.26 Å². The standard InChI is InChI=1S/C26H29N5O2/c1-19(2)17-28-25(32)23-15-21(24-5-3-4-10-31(24)26(23)33)18-29-11-13-30(14-12-29)22-8-6-20(16-27)7-9-22/h3-10,15,19H,11-14,17-18H2,1-2H3,(H,28,32). The number of carbonyl (C=O) groups excluding carboxylic acids is 1. The summed E-state index contributed by atoms with van der Waals surface area (Å²) in [5.74, 6) is -0.0112. The fourth-order valence-corrected chi connectivity index (χ4v) is 4.15. The minimum Gasteiger partial charge on any atom is -0.369 e. The largest absolute Gasteiger partial charge is 0.369 e. The molecule has 0 bridgehead atoms. The molecule has 1 saturated heterocycles. The summed E-state index contributed by atoms with van der Waals surface area (Å²) >= 11 is 0. The second kappa shape index (κ2) is 9.88. The van der Waals surface area contributed by atoms with Crippen molar-refractivity contribution >= 4 is 17.1 Å². The van der Waals surface area contributed by atoms with Crippen LogP contribution in [0.5, 0.6) is 0 Å². The van der Waals surface area contributed by atoms with Gasteiger partial charge in [0.05, 0.1) is 17.1 Å². The summed E-state index contributed by atoms with van der Waals surface area (Å²) in [5.41, 5.74) is 3.48. The van der Waals surface area contributed by atoms with Crippen LogP contribution in [0.4, 0.5) is 5.69 Å². The predicted octanol–water partition coefficient (Wildman–Crippen LogP) is 2.88. The molecule has 3 aromatic rings. The first kappa shape index (κ1) is 22.6. The third-order valence-corrected chi connectivity index (χ3v) is 6.00. The smallest absolute Gasteiger partial charge is 0.267 e. The van der Waals surface area contributed by atoms with Crippen LogP contribution in [0.1, 0.15) is 35.3 Å². The van der Waals surface area contributed by atoms with Gasteiger partial charge in [-0.15, -0.1) is 0 Å². The lowest BCUT2D eigenvalue weighted by atomic mass is 10.1. The molecule has 170 valence electrons. The van der Waals surface area contributed by atoms with Gasteiger partial charge in [0.25, 0.3) is 11.5 Å². The average molecular weight is 444 g/mol. The van der Waals surface area contributed by atoms with Crippen LogP contribution < -0.4 is 15.8 Å². The summed E-state index contributed by atoms with van der Waals surface area (Å²) < 4.78 is 1.58. The number of benzene rings is 1. The van der Waals surface area contributed by atoms with E-state index in [1.54, 1.807) is 16.7 Å². The third-order valence-electron chi connectivity index (χ3n) is 6.00. The van der Waals surface area contributed by atoms with Crippen molar-refractivity contribution in [3.05, 3.63) is 81.8 Å². The molecule has 1 amide bonds. The van der Waals surface area contributed by atoms with Crippen molar-refractivity contribution in [2.24, 2.45) is 5.92 Å². The van der Waals surface area contributed by atoms with E-state index in [9.17, 15) is 9.59 Å². The fraction of sp³-hybridized carbons (Fsp3) is 0.346. The number of aromatic nitrogens is 1. The van der Waals surface area contributed by atoms with Crippen molar-refractivity contribution in [1.82, 2.24) is 14.6 Å². The number of fused-ring (bicyclic) bond motifs is 1. The van der Waals surface area contributed by atoms with Gasteiger partial charge in [-0.2, -0.15) is 5.26 Å². The van der Waals surface area contributed by atoms with E-state index in [2.05, 4.69) is 21.2 Å². The Morgan fingerprint density at radius 2 is 1.82 bits per heavy atom. The first-order valence-electron chi connectivity index (χ1n) is 11.3. The van der Waals surface area contributed by atoms with Gasteiger partial charge in [-0.05, 0) is 53.9 Å². The summed E-state index contributed by atoms with van der Waals surface area (Å²) in [4.78, 5) is 30.4. The first-order chi connectivity index (χ1) is 16.0. The second-order valence-corrected chi connectivity index (χ2v) is 8.87. The first-order valence-corrected chi connectivity index (χ1v) is 11.3. The topological polar surface area (TPSA) is 80.8 Å². The van der Waals surface area contributed by atoms with Gasteiger partial charge in [-0.3, -0.25) is 18.9 Å². The van der Waals surface area contributed by atoms with Gasteiger partial charge in [-0.1, -0.05) is 19.9 Å². The van der Waals surface area contributed by atoms with Crippen LogP contribution in [-0.4, -0.2) is 47.9 Å². The number of piperazine rings is 1. The third kappa shape index (κ3) is 5.07. The van der Waals surface area contributed by atoms with E-state index >= 15 is 0 Å².